The zero-order valence-corrected chi connectivity index (χ0v) is 23.1. The van der Waals surface area contributed by atoms with E-state index in [4.69, 9.17) is 13.7 Å². The second kappa shape index (κ2) is 11.4. The summed E-state index contributed by atoms with van der Waals surface area (Å²) < 4.78 is 42.4. The number of benzene rings is 3. The van der Waals surface area contributed by atoms with E-state index in [2.05, 4.69) is 15.9 Å². The lowest BCUT2D eigenvalue weighted by atomic mass is 10.1. The van der Waals surface area contributed by atoms with Crippen molar-refractivity contribution < 1.29 is 31.7 Å². The fourth-order valence-electron chi connectivity index (χ4n) is 3.44. The molecule has 2 amide bonds. The maximum atomic E-state index is 13.0. The highest BCUT2D eigenvalue weighted by atomic mass is 79.9. The molecule has 0 spiro atoms. The number of halogens is 1. The molecular formula is C26H22BrNO7S2. The van der Waals surface area contributed by atoms with E-state index in [-0.39, 0.29) is 39.7 Å². The van der Waals surface area contributed by atoms with Gasteiger partial charge in [0.2, 0.25) is 0 Å². The second-order valence-electron chi connectivity index (χ2n) is 7.71. The van der Waals surface area contributed by atoms with Crippen molar-refractivity contribution in [2.45, 2.75) is 18.4 Å². The number of rotatable bonds is 9. The third-order valence-electron chi connectivity index (χ3n) is 5.27. The maximum absolute atomic E-state index is 13.0. The van der Waals surface area contributed by atoms with E-state index in [1.54, 1.807) is 25.1 Å². The Bertz CT molecular complexity index is 1470. The second-order valence-corrected chi connectivity index (χ2v) is 11.1. The molecular weight excluding hydrogens is 582 g/mol. The van der Waals surface area contributed by atoms with Gasteiger partial charge in [-0.3, -0.25) is 14.5 Å². The summed E-state index contributed by atoms with van der Waals surface area (Å²) in [6.07, 6.45) is 1.56. The molecule has 11 heteroatoms. The molecule has 1 saturated heterocycles. The minimum absolute atomic E-state index is 0.00292. The molecule has 0 bridgehead atoms. The number of amides is 2. The molecule has 8 nitrogen and oxygen atoms in total. The van der Waals surface area contributed by atoms with Gasteiger partial charge in [-0.1, -0.05) is 40.2 Å². The van der Waals surface area contributed by atoms with E-state index >= 15 is 0 Å². The van der Waals surface area contributed by atoms with Crippen LogP contribution in [-0.2, 0) is 21.5 Å². The van der Waals surface area contributed by atoms with E-state index < -0.39 is 16.0 Å². The molecule has 0 N–H and O–H groups in total. The molecule has 4 rings (SSSR count). The van der Waals surface area contributed by atoms with E-state index in [1.165, 1.54) is 42.3 Å². The van der Waals surface area contributed by atoms with E-state index in [0.29, 0.717) is 11.3 Å². The van der Waals surface area contributed by atoms with Gasteiger partial charge >= 0.3 is 10.1 Å². The van der Waals surface area contributed by atoms with E-state index in [1.807, 2.05) is 24.3 Å². The van der Waals surface area contributed by atoms with Gasteiger partial charge in [0.05, 0.1) is 25.2 Å². The van der Waals surface area contributed by atoms with Gasteiger partial charge in [-0.2, -0.15) is 8.42 Å². The van der Waals surface area contributed by atoms with Crippen LogP contribution in [0.5, 0.6) is 17.2 Å². The zero-order valence-electron chi connectivity index (χ0n) is 19.8. The standard InChI is InChI=1S/C26H22BrNO7S2/c1-3-34-23-14-17(8-13-22(23)35-37(31,32)20-11-9-19(33-2)10-12-20)15-24-25(29)28(26(30)36-24)16-18-6-4-5-7-21(18)27/h4-15H,3,16H2,1-2H3/b24-15-. The van der Waals surface area contributed by atoms with Gasteiger partial charge in [-0.15, -0.1) is 0 Å². The Morgan fingerprint density at radius 3 is 2.41 bits per heavy atom. The smallest absolute Gasteiger partial charge is 0.339 e. The average Bonchev–Trinajstić information content (AvgIpc) is 3.14. The van der Waals surface area contributed by atoms with Crippen LogP contribution in [0.15, 0.2) is 81.0 Å². The van der Waals surface area contributed by atoms with Crippen molar-refractivity contribution in [3.8, 4) is 17.2 Å². The van der Waals surface area contributed by atoms with Gasteiger partial charge in [0.15, 0.2) is 11.5 Å². The van der Waals surface area contributed by atoms with Crippen LogP contribution in [0.1, 0.15) is 18.1 Å². The normalized spacial score (nSPS) is 14.8. The summed E-state index contributed by atoms with van der Waals surface area (Å²) in [5.74, 6) is 0.280. The summed E-state index contributed by atoms with van der Waals surface area (Å²) in [4.78, 5) is 26.9. The van der Waals surface area contributed by atoms with Crippen molar-refractivity contribution >= 4 is 55.0 Å². The first-order valence-corrected chi connectivity index (χ1v) is 14.1. The van der Waals surface area contributed by atoms with Crippen LogP contribution in [0.4, 0.5) is 4.79 Å². The number of hydrogen-bond acceptors (Lipinski definition) is 8. The first-order chi connectivity index (χ1) is 17.7. The molecule has 0 unspecified atom stereocenters. The summed E-state index contributed by atoms with van der Waals surface area (Å²) in [7, 11) is -2.65. The number of hydrogen-bond donors (Lipinski definition) is 0. The summed E-state index contributed by atoms with van der Waals surface area (Å²) >= 11 is 4.28. The minimum Gasteiger partial charge on any atom is -0.497 e. The number of carbonyl (C=O) groups excluding carboxylic acids is 2. The van der Waals surface area contributed by atoms with Gasteiger partial charge in [0.25, 0.3) is 11.1 Å². The highest BCUT2D eigenvalue weighted by Gasteiger charge is 2.35. The van der Waals surface area contributed by atoms with Crippen LogP contribution in [0.25, 0.3) is 6.08 Å². The molecule has 1 aliphatic rings. The summed E-state index contributed by atoms with van der Waals surface area (Å²) in [6, 6.07) is 17.8. The number of carbonyl (C=O) groups is 2. The molecule has 1 fully saturated rings. The number of thioether (sulfide) groups is 1. The van der Waals surface area contributed by atoms with Crippen LogP contribution in [-0.4, -0.2) is 38.2 Å². The number of ether oxygens (including phenoxy) is 2. The van der Waals surface area contributed by atoms with E-state index in [0.717, 1.165) is 21.8 Å². The van der Waals surface area contributed by atoms with Crippen molar-refractivity contribution in [1.82, 2.24) is 4.90 Å². The van der Waals surface area contributed by atoms with Gasteiger partial charge in [-0.25, -0.2) is 0 Å². The molecule has 1 heterocycles. The molecule has 0 aliphatic carbocycles. The largest absolute Gasteiger partial charge is 0.497 e. The maximum Gasteiger partial charge on any atom is 0.339 e. The molecule has 0 atom stereocenters. The molecule has 0 radical (unpaired) electrons. The molecule has 3 aromatic carbocycles. The Labute approximate surface area is 227 Å². The lowest BCUT2D eigenvalue weighted by Gasteiger charge is -2.14. The Balaban J connectivity index is 1.57. The highest BCUT2D eigenvalue weighted by molar-refractivity contribution is 9.10. The Morgan fingerprint density at radius 2 is 1.73 bits per heavy atom. The quantitative estimate of drug-likeness (QED) is 0.221. The van der Waals surface area contributed by atoms with Crippen LogP contribution in [0.3, 0.4) is 0 Å². The van der Waals surface area contributed by atoms with Gasteiger partial charge in [-0.05, 0) is 78.4 Å². The Hall–Kier alpha value is -3.28. The van der Waals surface area contributed by atoms with Crippen molar-refractivity contribution in [2.75, 3.05) is 13.7 Å². The minimum atomic E-state index is -4.14. The van der Waals surface area contributed by atoms with Crippen LogP contribution in [0.2, 0.25) is 0 Å². The van der Waals surface area contributed by atoms with E-state index in [9.17, 15) is 18.0 Å². The lowest BCUT2D eigenvalue weighted by Crippen LogP contribution is -2.27. The van der Waals surface area contributed by atoms with Gasteiger partial charge in [0, 0.05) is 4.47 Å². The fourth-order valence-corrected chi connectivity index (χ4v) is 5.63. The number of methoxy groups -OCH3 is 1. The molecule has 0 saturated carbocycles. The average molecular weight is 605 g/mol. The summed E-state index contributed by atoms with van der Waals surface area (Å²) in [5, 5.41) is -0.373. The Morgan fingerprint density at radius 1 is 1.00 bits per heavy atom. The third-order valence-corrected chi connectivity index (χ3v) is 8.20. The molecule has 3 aromatic rings. The molecule has 0 aromatic heterocycles. The first kappa shape index (κ1) is 26.8. The zero-order chi connectivity index (χ0) is 26.6. The third kappa shape index (κ3) is 6.17. The molecule has 1 aliphatic heterocycles. The first-order valence-electron chi connectivity index (χ1n) is 11.1. The summed E-state index contributed by atoms with van der Waals surface area (Å²) in [5.41, 5.74) is 1.35. The molecule has 37 heavy (non-hydrogen) atoms. The predicted octanol–water partition coefficient (Wildman–Crippen LogP) is 5.86. The fraction of sp³-hybridized carbons (Fsp3) is 0.154. The van der Waals surface area contributed by atoms with Crippen LogP contribution < -0.4 is 13.7 Å². The van der Waals surface area contributed by atoms with Crippen molar-refractivity contribution in [3.05, 3.63) is 87.2 Å². The molecule has 192 valence electrons. The highest BCUT2D eigenvalue weighted by Crippen LogP contribution is 2.36. The Kier molecular flexibility index (Phi) is 8.25. The topological polar surface area (TPSA) is 99.2 Å². The number of nitrogens with zero attached hydrogens (tertiary/aromatic N) is 1. The van der Waals surface area contributed by atoms with Crippen molar-refractivity contribution in [2.24, 2.45) is 0 Å². The monoisotopic (exact) mass is 603 g/mol. The van der Waals surface area contributed by atoms with Crippen molar-refractivity contribution in [3.63, 3.8) is 0 Å². The van der Waals surface area contributed by atoms with Crippen molar-refractivity contribution in [1.29, 1.82) is 0 Å². The SMILES string of the molecule is CCOc1cc(/C=C2\SC(=O)N(Cc3ccccc3Br)C2=O)ccc1OS(=O)(=O)c1ccc(OC)cc1. The predicted molar refractivity (Wildman–Crippen MR) is 144 cm³/mol. The lowest BCUT2D eigenvalue weighted by molar-refractivity contribution is -0.123. The van der Waals surface area contributed by atoms with Gasteiger partial charge < -0.3 is 13.7 Å². The van der Waals surface area contributed by atoms with Crippen LogP contribution in [0, 0.1) is 0 Å². The van der Waals surface area contributed by atoms with Gasteiger partial charge in [0.1, 0.15) is 10.6 Å². The summed E-state index contributed by atoms with van der Waals surface area (Å²) in [6.45, 7) is 2.15. The van der Waals surface area contributed by atoms with Crippen LogP contribution >= 0.6 is 27.7 Å². The number of imide groups is 1.